The van der Waals surface area contributed by atoms with Crippen molar-refractivity contribution in [3.63, 3.8) is 0 Å². The van der Waals surface area contributed by atoms with Gasteiger partial charge in [0.25, 0.3) is 0 Å². The second-order valence-electron chi connectivity index (χ2n) is 6.55. The van der Waals surface area contributed by atoms with E-state index in [0.717, 1.165) is 31.3 Å². The molecule has 0 aromatic carbocycles. The van der Waals surface area contributed by atoms with Gasteiger partial charge in [0.05, 0.1) is 12.8 Å². The van der Waals surface area contributed by atoms with Crippen LogP contribution in [0.2, 0.25) is 0 Å². The minimum absolute atomic E-state index is 0.681. The molecule has 1 atom stereocenters. The molecule has 0 aliphatic carbocycles. The minimum atomic E-state index is 0.681. The first-order valence-corrected chi connectivity index (χ1v) is 8.17. The normalized spacial score (nSPS) is 20.7. The lowest BCUT2D eigenvalue weighted by Crippen LogP contribution is -2.34. The molecule has 0 spiro atoms. The zero-order valence-corrected chi connectivity index (χ0v) is 13.3. The Bertz CT molecular complexity index is 386. The van der Waals surface area contributed by atoms with Gasteiger partial charge in [-0.1, -0.05) is 27.2 Å². The molecule has 0 saturated carbocycles. The van der Waals surface area contributed by atoms with Gasteiger partial charge in [0, 0.05) is 18.7 Å². The van der Waals surface area contributed by atoms with E-state index in [1.54, 1.807) is 0 Å². The SMILES string of the molecule is CCC1CCCN(Cc2ccoc2CNCC(C)C)C1. The fourth-order valence-electron chi connectivity index (χ4n) is 3.01. The molecular formula is C17H30N2O. The van der Waals surface area contributed by atoms with Gasteiger partial charge in [0.15, 0.2) is 0 Å². The lowest BCUT2D eigenvalue weighted by Gasteiger charge is -2.32. The first-order chi connectivity index (χ1) is 9.69. The van der Waals surface area contributed by atoms with Crippen LogP contribution in [0.4, 0.5) is 0 Å². The number of hydrogen-bond acceptors (Lipinski definition) is 3. The van der Waals surface area contributed by atoms with Crippen molar-refractivity contribution >= 4 is 0 Å². The lowest BCUT2D eigenvalue weighted by molar-refractivity contribution is 0.163. The van der Waals surface area contributed by atoms with Crippen LogP contribution in [-0.4, -0.2) is 24.5 Å². The van der Waals surface area contributed by atoms with E-state index in [4.69, 9.17) is 4.42 Å². The topological polar surface area (TPSA) is 28.4 Å². The second kappa shape index (κ2) is 7.84. The van der Waals surface area contributed by atoms with Gasteiger partial charge in [0.2, 0.25) is 0 Å². The summed E-state index contributed by atoms with van der Waals surface area (Å²) in [7, 11) is 0. The summed E-state index contributed by atoms with van der Waals surface area (Å²) in [6, 6.07) is 2.14. The fraction of sp³-hybridized carbons (Fsp3) is 0.765. The number of nitrogens with one attached hydrogen (secondary N) is 1. The molecule has 1 aromatic heterocycles. The predicted octanol–water partition coefficient (Wildman–Crippen LogP) is 3.65. The molecule has 1 N–H and O–H groups in total. The van der Waals surface area contributed by atoms with Gasteiger partial charge < -0.3 is 9.73 Å². The molecule has 114 valence electrons. The maximum Gasteiger partial charge on any atom is 0.122 e. The molecule has 1 fully saturated rings. The lowest BCUT2D eigenvalue weighted by atomic mass is 9.95. The molecule has 0 amide bonds. The maximum absolute atomic E-state index is 5.65. The highest BCUT2D eigenvalue weighted by molar-refractivity contribution is 5.17. The first kappa shape index (κ1) is 15.6. The van der Waals surface area contributed by atoms with Crippen molar-refractivity contribution < 1.29 is 4.42 Å². The van der Waals surface area contributed by atoms with E-state index in [0.29, 0.717) is 5.92 Å². The van der Waals surface area contributed by atoms with Gasteiger partial charge in [-0.25, -0.2) is 0 Å². The molecule has 20 heavy (non-hydrogen) atoms. The molecule has 2 rings (SSSR count). The number of likely N-dealkylation sites (tertiary alicyclic amines) is 1. The second-order valence-corrected chi connectivity index (χ2v) is 6.55. The van der Waals surface area contributed by atoms with E-state index < -0.39 is 0 Å². The summed E-state index contributed by atoms with van der Waals surface area (Å²) in [5, 5.41) is 3.47. The van der Waals surface area contributed by atoms with E-state index >= 15 is 0 Å². The Morgan fingerprint density at radius 2 is 2.30 bits per heavy atom. The smallest absolute Gasteiger partial charge is 0.122 e. The van der Waals surface area contributed by atoms with Gasteiger partial charge in [-0.3, -0.25) is 4.90 Å². The van der Waals surface area contributed by atoms with Crippen molar-refractivity contribution in [1.29, 1.82) is 0 Å². The third kappa shape index (κ3) is 4.64. The summed E-state index contributed by atoms with van der Waals surface area (Å²) >= 11 is 0. The van der Waals surface area contributed by atoms with Crippen LogP contribution >= 0.6 is 0 Å². The highest BCUT2D eigenvalue weighted by atomic mass is 16.3. The summed E-state index contributed by atoms with van der Waals surface area (Å²) in [5.74, 6) is 2.68. The summed E-state index contributed by atoms with van der Waals surface area (Å²) in [6.45, 7) is 12.2. The Kier molecular flexibility index (Phi) is 6.11. The molecule has 1 unspecified atom stereocenters. The van der Waals surface area contributed by atoms with Crippen LogP contribution in [0, 0.1) is 11.8 Å². The Labute approximate surface area is 123 Å². The Balaban J connectivity index is 1.84. The van der Waals surface area contributed by atoms with Gasteiger partial charge in [-0.2, -0.15) is 0 Å². The van der Waals surface area contributed by atoms with E-state index in [9.17, 15) is 0 Å². The van der Waals surface area contributed by atoms with Crippen molar-refractivity contribution in [3.05, 3.63) is 23.7 Å². The summed E-state index contributed by atoms with van der Waals surface area (Å²) < 4.78 is 5.65. The highest BCUT2D eigenvalue weighted by Crippen LogP contribution is 2.22. The zero-order valence-electron chi connectivity index (χ0n) is 13.3. The monoisotopic (exact) mass is 278 g/mol. The zero-order chi connectivity index (χ0) is 14.4. The maximum atomic E-state index is 5.65. The molecule has 0 bridgehead atoms. The average molecular weight is 278 g/mol. The van der Waals surface area contributed by atoms with E-state index in [2.05, 4.69) is 37.1 Å². The van der Waals surface area contributed by atoms with Crippen LogP contribution in [0.25, 0.3) is 0 Å². The van der Waals surface area contributed by atoms with Crippen LogP contribution in [0.5, 0.6) is 0 Å². The van der Waals surface area contributed by atoms with Gasteiger partial charge >= 0.3 is 0 Å². The number of rotatable bonds is 7. The standard InChI is InChI=1S/C17H30N2O/c1-4-15-6-5-8-19(12-15)13-16-7-9-20-17(16)11-18-10-14(2)3/h7,9,14-15,18H,4-6,8,10-13H2,1-3H3. The molecule has 1 aliphatic heterocycles. The Morgan fingerprint density at radius 3 is 3.05 bits per heavy atom. The largest absolute Gasteiger partial charge is 0.468 e. The van der Waals surface area contributed by atoms with Crippen molar-refractivity contribution in [2.24, 2.45) is 11.8 Å². The van der Waals surface area contributed by atoms with Crippen molar-refractivity contribution in [2.45, 2.75) is 53.1 Å². The summed E-state index contributed by atoms with van der Waals surface area (Å²) in [5.41, 5.74) is 1.36. The minimum Gasteiger partial charge on any atom is -0.468 e. The van der Waals surface area contributed by atoms with Crippen LogP contribution in [0.1, 0.15) is 51.4 Å². The quantitative estimate of drug-likeness (QED) is 0.825. The van der Waals surface area contributed by atoms with Gasteiger partial charge in [-0.05, 0) is 43.8 Å². The van der Waals surface area contributed by atoms with Crippen molar-refractivity contribution in [2.75, 3.05) is 19.6 Å². The first-order valence-electron chi connectivity index (χ1n) is 8.17. The third-order valence-corrected chi connectivity index (χ3v) is 4.25. The number of furan rings is 1. The highest BCUT2D eigenvalue weighted by Gasteiger charge is 2.19. The Morgan fingerprint density at radius 1 is 1.45 bits per heavy atom. The predicted molar refractivity (Wildman–Crippen MR) is 83.5 cm³/mol. The molecule has 1 aliphatic rings. The molecule has 0 radical (unpaired) electrons. The third-order valence-electron chi connectivity index (χ3n) is 4.25. The van der Waals surface area contributed by atoms with E-state index in [1.807, 2.05) is 6.26 Å². The van der Waals surface area contributed by atoms with Crippen LogP contribution < -0.4 is 5.32 Å². The van der Waals surface area contributed by atoms with Crippen molar-refractivity contribution in [1.82, 2.24) is 10.2 Å². The average Bonchev–Trinajstić information content (AvgIpc) is 2.86. The van der Waals surface area contributed by atoms with Gasteiger partial charge in [-0.15, -0.1) is 0 Å². The van der Waals surface area contributed by atoms with E-state index in [1.165, 1.54) is 37.9 Å². The summed E-state index contributed by atoms with van der Waals surface area (Å²) in [4.78, 5) is 2.59. The number of nitrogens with zero attached hydrogens (tertiary/aromatic N) is 1. The van der Waals surface area contributed by atoms with Crippen molar-refractivity contribution in [3.8, 4) is 0 Å². The fourth-order valence-corrected chi connectivity index (χ4v) is 3.01. The van der Waals surface area contributed by atoms with Gasteiger partial charge in [0.1, 0.15) is 5.76 Å². The number of piperidine rings is 1. The Hall–Kier alpha value is -0.800. The van der Waals surface area contributed by atoms with Crippen LogP contribution in [0.3, 0.4) is 0 Å². The van der Waals surface area contributed by atoms with Crippen LogP contribution in [-0.2, 0) is 13.1 Å². The van der Waals surface area contributed by atoms with E-state index in [-0.39, 0.29) is 0 Å². The summed E-state index contributed by atoms with van der Waals surface area (Å²) in [6.07, 6.45) is 5.89. The molecule has 1 aromatic rings. The number of hydrogen-bond donors (Lipinski definition) is 1. The molecule has 1 saturated heterocycles. The molecule has 3 nitrogen and oxygen atoms in total. The molecule has 3 heteroatoms. The molecular weight excluding hydrogens is 248 g/mol. The van der Waals surface area contributed by atoms with Crippen LogP contribution in [0.15, 0.2) is 16.7 Å². The molecule has 2 heterocycles.